The van der Waals surface area contributed by atoms with Crippen molar-refractivity contribution >= 4 is 23.3 Å². The molecule has 0 bridgehead atoms. The van der Waals surface area contributed by atoms with E-state index >= 15 is 0 Å². The highest BCUT2D eigenvalue weighted by Crippen LogP contribution is 2.21. The number of aromatic nitrogens is 2. The first-order chi connectivity index (χ1) is 8.86. The van der Waals surface area contributed by atoms with E-state index in [9.17, 15) is 0 Å². The largest absolute Gasteiger partial charge is 0.329 e. The van der Waals surface area contributed by atoms with Crippen LogP contribution in [0.5, 0.6) is 0 Å². The van der Waals surface area contributed by atoms with Crippen LogP contribution in [0.1, 0.15) is 19.4 Å². The number of imidazole rings is 1. The van der Waals surface area contributed by atoms with Crippen molar-refractivity contribution in [2.24, 2.45) is 0 Å². The van der Waals surface area contributed by atoms with E-state index in [4.69, 9.17) is 17.5 Å². The molecule has 1 aromatic heterocycles. The second kappa shape index (κ2) is 4.80. The monoisotopic (exact) mass is 274 g/mol. The zero-order valence-corrected chi connectivity index (χ0v) is 12.5. The van der Waals surface area contributed by atoms with Gasteiger partial charge in [-0.15, -0.1) is 0 Å². The molecule has 2 aromatic rings. The molecule has 5 heteroatoms. The van der Waals surface area contributed by atoms with Gasteiger partial charge in [0.25, 0.3) is 0 Å². The molecular formula is C14H18N4S. The van der Waals surface area contributed by atoms with Gasteiger partial charge in [0.1, 0.15) is 6.07 Å². The van der Waals surface area contributed by atoms with Crippen LogP contribution in [0, 0.1) is 16.1 Å². The maximum absolute atomic E-state index is 9.14. The highest BCUT2D eigenvalue weighted by Gasteiger charge is 2.22. The van der Waals surface area contributed by atoms with E-state index in [1.54, 1.807) is 6.07 Å². The highest BCUT2D eigenvalue weighted by molar-refractivity contribution is 7.71. The molecule has 0 atom stereocenters. The van der Waals surface area contributed by atoms with Crippen LogP contribution in [0.25, 0.3) is 11.0 Å². The predicted molar refractivity (Wildman–Crippen MR) is 79.6 cm³/mol. The van der Waals surface area contributed by atoms with Crippen molar-refractivity contribution in [1.82, 2.24) is 14.5 Å². The molecule has 0 unspecified atom stereocenters. The first-order valence-electron chi connectivity index (χ1n) is 6.16. The first kappa shape index (κ1) is 13.8. The molecule has 1 aromatic carbocycles. The average molecular weight is 274 g/mol. The average Bonchev–Trinajstić information content (AvgIpc) is 2.65. The smallest absolute Gasteiger partial charge is 0.178 e. The molecule has 0 saturated heterocycles. The number of likely N-dealkylation sites (N-methyl/N-ethyl adjacent to an activating group) is 1. The van der Waals surface area contributed by atoms with Gasteiger partial charge in [0.05, 0.1) is 16.6 Å². The van der Waals surface area contributed by atoms with Gasteiger partial charge in [-0.25, -0.2) is 0 Å². The van der Waals surface area contributed by atoms with Crippen molar-refractivity contribution in [3.05, 3.63) is 28.5 Å². The van der Waals surface area contributed by atoms with Gasteiger partial charge in [0.15, 0.2) is 4.77 Å². The third-order valence-electron chi connectivity index (χ3n) is 3.69. The van der Waals surface area contributed by atoms with Crippen LogP contribution in [-0.2, 0) is 6.54 Å². The minimum Gasteiger partial charge on any atom is -0.329 e. The second-order valence-electron chi connectivity index (χ2n) is 5.53. The highest BCUT2D eigenvalue weighted by atomic mass is 32.1. The minimum absolute atomic E-state index is 0.0179. The van der Waals surface area contributed by atoms with Gasteiger partial charge in [-0.05, 0) is 52.3 Å². The van der Waals surface area contributed by atoms with Gasteiger partial charge < -0.3 is 14.5 Å². The minimum atomic E-state index is -0.0179. The lowest BCUT2D eigenvalue weighted by Gasteiger charge is -2.33. The summed E-state index contributed by atoms with van der Waals surface area (Å²) in [6.07, 6.45) is 0. The Balaban J connectivity index is 2.60. The molecule has 0 aliphatic heterocycles. The van der Waals surface area contributed by atoms with Crippen molar-refractivity contribution in [1.29, 1.82) is 5.26 Å². The maximum Gasteiger partial charge on any atom is 0.178 e. The van der Waals surface area contributed by atoms with E-state index in [-0.39, 0.29) is 5.54 Å². The normalized spacial score (nSPS) is 12.0. The number of aromatic amines is 1. The van der Waals surface area contributed by atoms with Crippen molar-refractivity contribution in [2.45, 2.75) is 25.9 Å². The van der Waals surface area contributed by atoms with Gasteiger partial charge in [0, 0.05) is 12.1 Å². The van der Waals surface area contributed by atoms with E-state index in [0.717, 1.165) is 17.6 Å². The van der Waals surface area contributed by atoms with Crippen LogP contribution in [0.2, 0.25) is 0 Å². The van der Waals surface area contributed by atoms with Gasteiger partial charge in [-0.1, -0.05) is 6.07 Å². The maximum atomic E-state index is 9.14. The lowest BCUT2D eigenvalue weighted by atomic mass is 10.0. The Hall–Kier alpha value is -1.64. The second-order valence-corrected chi connectivity index (χ2v) is 5.92. The molecule has 4 nitrogen and oxygen atoms in total. The van der Waals surface area contributed by atoms with Crippen LogP contribution >= 0.6 is 12.2 Å². The molecule has 0 amide bonds. The van der Waals surface area contributed by atoms with Gasteiger partial charge in [-0.3, -0.25) is 0 Å². The van der Waals surface area contributed by atoms with Crippen LogP contribution in [0.4, 0.5) is 0 Å². The fourth-order valence-corrected chi connectivity index (χ4v) is 2.22. The number of nitriles is 1. The van der Waals surface area contributed by atoms with Crippen molar-refractivity contribution in [2.75, 3.05) is 14.1 Å². The predicted octanol–water partition coefficient (Wildman–Crippen LogP) is 2.91. The number of rotatable bonds is 3. The Morgan fingerprint density at radius 3 is 2.68 bits per heavy atom. The Labute approximate surface area is 118 Å². The van der Waals surface area contributed by atoms with E-state index in [1.807, 2.05) is 12.1 Å². The topological polar surface area (TPSA) is 47.8 Å². The van der Waals surface area contributed by atoms with Crippen LogP contribution in [0.3, 0.4) is 0 Å². The molecule has 0 saturated carbocycles. The molecule has 1 N–H and O–H groups in total. The number of hydrogen-bond acceptors (Lipinski definition) is 3. The van der Waals surface area contributed by atoms with Crippen LogP contribution in [0.15, 0.2) is 18.2 Å². The molecule has 19 heavy (non-hydrogen) atoms. The number of nitrogens with one attached hydrogen (secondary N) is 1. The molecule has 0 radical (unpaired) electrons. The summed E-state index contributed by atoms with van der Waals surface area (Å²) in [6.45, 7) is 5.11. The Bertz CT molecular complexity index is 700. The van der Waals surface area contributed by atoms with E-state index in [1.165, 1.54) is 0 Å². The third-order valence-corrected chi connectivity index (χ3v) is 4.01. The number of hydrogen-bond donors (Lipinski definition) is 1. The zero-order valence-electron chi connectivity index (χ0n) is 11.7. The fourth-order valence-electron chi connectivity index (χ4n) is 1.96. The van der Waals surface area contributed by atoms with Gasteiger partial charge in [-0.2, -0.15) is 5.26 Å². The lowest BCUT2D eigenvalue weighted by molar-refractivity contribution is 0.170. The number of H-pyrrole nitrogens is 1. The molecule has 100 valence electrons. The summed E-state index contributed by atoms with van der Waals surface area (Å²) in [7, 11) is 4.11. The van der Waals surface area contributed by atoms with E-state index in [2.05, 4.69) is 48.5 Å². The third kappa shape index (κ3) is 2.42. The number of para-hydroxylation sites is 1. The zero-order chi connectivity index (χ0) is 14.2. The summed E-state index contributed by atoms with van der Waals surface area (Å²) < 4.78 is 2.72. The molecule has 0 aliphatic rings. The summed E-state index contributed by atoms with van der Waals surface area (Å²) in [5.41, 5.74) is 2.42. The quantitative estimate of drug-likeness (QED) is 0.875. The van der Waals surface area contributed by atoms with Crippen LogP contribution < -0.4 is 0 Å². The molecule has 0 aliphatic carbocycles. The summed E-state index contributed by atoms with van der Waals surface area (Å²) in [5.74, 6) is 0. The molecule has 0 fully saturated rings. The Kier molecular flexibility index (Phi) is 3.48. The number of benzene rings is 1. The summed E-state index contributed by atoms with van der Waals surface area (Å²) >= 11 is 5.39. The standard InChI is InChI=1S/C14H18N4S/c1-14(2,17(3)4)9-18-11-7-5-6-10(8-15)12(11)16-13(18)19/h5-7H,9H2,1-4H3,(H,16,19). The van der Waals surface area contributed by atoms with E-state index < -0.39 is 0 Å². The fraction of sp³-hybridized carbons (Fsp3) is 0.429. The van der Waals surface area contributed by atoms with Crippen molar-refractivity contribution < 1.29 is 0 Å². The van der Waals surface area contributed by atoms with Crippen molar-refractivity contribution in [3.8, 4) is 6.07 Å². The van der Waals surface area contributed by atoms with Crippen LogP contribution in [-0.4, -0.2) is 34.1 Å². The molecular weight excluding hydrogens is 256 g/mol. The van der Waals surface area contributed by atoms with E-state index in [0.29, 0.717) is 10.3 Å². The first-order valence-corrected chi connectivity index (χ1v) is 6.57. The summed E-state index contributed by atoms with van der Waals surface area (Å²) in [4.78, 5) is 5.31. The van der Waals surface area contributed by atoms with Crippen molar-refractivity contribution in [3.63, 3.8) is 0 Å². The summed E-state index contributed by atoms with van der Waals surface area (Å²) in [6, 6.07) is 7.88. The molecule has 2 rings (SSSR count). The molecule has 1 heterocycles. The SMILES string of the molecule is CN(C)C(C)(C)Cn1c(=S)[nH]c2c(C#N)cccc21. The number of fused-ring (bicyclic) bond motifs is 1. The van der Waals surface area contributed by atoms with Gasteiger partial charge in [0.2, 0.25) is 0 Å². The summed E-state index contributed by atoms with van der Waals surface area (Å²) in [5, 5.41) is 9.14. The molecule has 0 spiro atoms. The Morgan fingerprint density at radius 1 is 1.42 bits per heavy atom. The Morgan fingerprint density at radius 2 is 2.11 bits per heavy atom. The lowest BCUT2D eigenvalue weighted by Crippen LogP contribution is -2.42. The number of nitrogens with zero attached hydrogens (tertiary/aromatic N) is 3. The van der Waals surface area contributed by atoms with Gasteiger partial charge >= 0.3 is 0 Å².